The zero-order chi connectivity index (χ0) is 88.9. The number of anilines is 2. The maximum absolute atomic E-state index is 16.0. The molecule has 4 N–H and O–H groups in total. The Kier molecular flexibility index (Phi) is 17.1. The number of amides is 4. The van der Waals surface area contributed by atoms with Gasteiger partial charge < -0.3 is 39.4 Å². The van der Waals surface area contributed by atoms with Crippen LogP contribution < -0.4 is 28.7 Å². The van der Waals surface area contributed by atoms with Crippen LogP contribution >= 0.6 is 0 Å². The van der Waals surface area contributed by atoms with Gasteiger partial charge in [0.1, 0.15) is 69.0 Å². The molecule has 2 aliphatic heterocycles. The zero-order valence-electron chi connectivity index (χ0n) is 73.1. The van der Waals surface area contributed by atoms with Crippen LogP contribution in [-0.2, 0) is 12.8 Å². The standard InChI is InChI=1S/C116H86N2O12/c1-55(2)75-13-11-14-76(56(3)4)111(75)117-113(123)91-51-95(127-71-27-19-67(119)20-28-71)105-83-39-35-79-87-47-63-43-59(9)61(45-65(63)49-89(87)81-37-41-85(101(83)99(79)81)107-97(129-73-31-23-69(121)24-32-73)53-93(115(117)125)103(91)109(105)107)17-18-62-46-66-50-90-82-38-42-86-102-84(40-36-80(100(82)102)88(90)48-64(66)44-60(62)10)106-96(128-72-29-21-68(120)22-30-72)52-92-104-94(54-98(108(86)110(104)106)130-74-33-25-70(122)26-34-74)116(126)118(114(92)124)112-77(57(5)6)15-12-16-78(112)58(7)8/h11-16,19-58,99,101,119-122H,17-18H2,1-10H3. The fourth-order valence-corrected chi connectivity index (χ4v) is 22.4. The van der Waals surface area contributed by atoms with Gasteiger partial charge in [0.2, 0.25) is 0 Å². The van der Waals surface area contributed by atoms with Gasteiger partial charge in [0, 0.05) is 55.3 Å². The summed E-state index contributed by atoms with van der Waals surface area (Å²) < 4.78 is 28.3. The second kappa shape index (κ2) is 28.5. The summed E-state index contributed by atoms with van der Waals surface area (Å²) >= 11 is 0. The zero-order valence-corrected chi connectivity index (χ0v) is 73.1. The van der Waals surface area contributed by atoms with Crippen LogP contribution in [0.5, 0.6) is 69.0 Å². The Labute approximate surface area is 749 Å². The maximum Gasteiger partial charge on any atom is 0.266 e. The third kappa shape index (κ3) is 11.4. The minimum Gasteiger partial charge on any atom is -0.508 e. The average Bonchev–Trinajstić information content (AvgIpc) is 1.13. The quantitative estimate of drug-likeness (QED) is 0.0384. The topological polar surface area (TPSA) is 193 Å². The van der Waals surface area contributed by atoms with E-state index < -0.39 is 23.6 Å². The first-order valence-corrected chi connectivity index (χ1v) is 44.7. The van der Waals surface area contributed by atoms with Crippen molar-refractivity contribution in [3.63, 3.8) is 0 Å². The average molecular weight is 1700 g/mol. The van der Waals surface area contributed by atoms with Gasteiger partial charge in [0.05, 0.1) is 33.6 Å². The van der Waals surface area contributed by atoms with Gasteiger partial charge in [-0.3, -0.25) is 19.2 Å². The molecule has 0 bridgehead atoms. The predicted octanol–water partition coefficient (Wildman–Crippen LogP) is 28.9. The van der Waals surface area contributed by atoms with E-state index in [2.05, 4.69) is 166 Å². The van der Waals surface area contributed by atoms with Gasteiger partial charge in [0.25, 0.3) is 23.6 Å². The number of imide groups is 2. The Morgan fingerprint density at radius 1 is 0.285 bits per heavy atom. The van der Waals surface area contributed by atoms with Crippen molar-refractivity contribution in [2.45, 2.75) is 106 Å². The maximum atomic E-state index is 16.0. The number of hydrogen-bond donors (Lipinski definition) is 4. The molecular formula is C116H86N2O12. The number of allylic oxidation sites excluding steroid dienone is 8. The summed E-state index contributed by atoms with van der Waals surface area (Å²) in [5.41, 5.74) is 23.2. The number of ether oxygens (including phenoxy) is 4. The van der Waals surface area contributed by atoms with Crippen LogP contribution in [0, 0.1) is 25.7 Å². The Morgan fingerprint density at radius 3 is 0.938 bits per heavy atom. The normalized spacial score (nSPS) is 15.5. The van der Waals surface area contributed by atoms with Crippen molar-refractivity contribution in [1.82, 2.24) is 0 Å². The first-order chi connectivity index (χ1) is 62.9. The van der Waals surface area contributed by atoms with E-state index >= 15 is 19.2 Å². The van der Waals surface area contributed by atoms with Crippen molar-refractivity contribution in [3.05, 3.63) is 344 Å². The van der Waals surface area contributed by atoms with E-state index in [1.165, 1.54) is 43.2 Å². The van der Waals surface area contributed by atoms with Crippen molar-refractivity contribution in [3.8, 4) is 91.2 Å². The third-order valence-corrected chi connectivity index (χ3v) is 28.4. The number of aromatic hydroxyl groups is 4. The summed E-state index contributed by atoms with van der Waals surface area (Å²) in [4.78, 5) is 66.6. The molecule has 0 fully saturated rings. The predicted molar refractivity (Wildman–Crippen MR) is 517 cm³/mol. The van der Waals surface area contributed by atoms with Crippen LogP contribution in [0.1, 0.15) is 187 Å². The minimum atomic E-state index is -0.471. The molecule has 4 amide bonds. The van der Waals surface area contributed by atoms with Crippen LogP contribution in [0.2, 0.25) is 0 Å². The molecule has 0 saturated carbocycles. The van der Waals surface area contributed by atoms with Crippen LogP contribution in [0.25, 0.3) is 120 Å². The van der Waals surface area contributed by atoms with Crippen molar-refractivity contribution >= 4 is 133 Å². The SMILES string of the molecule is Cc1cc2cc3c(cc2cc1CCc1cc2cc4c(cc2cc1C)-c1ccc2c5c(Oc6ccc(O)cc6)cc6c7c(cc(Oc8ccc(O)cc8)c(c8ccc-4c1c28)c75)C(=O)N(c1c(C(C)C)cccc1C(C)C)C6=O)C1=CC=C2c4c(Oc5ccc(O)cc5)cc5c6c(cc(Oc7ccc(O)cc7)c(c46)C4=CC=C3C1C42)C(=O)N(c1c(C(C)C)cccc1C(C)C)C5=O. The first kappa shape index (κ1) is 78.0. The molecule has 24 rings (SSSR count). The molecule has 7 aliphatic rings. The molecule has 2 heterocycles. The Balaban J connectivity index is 0.605. The number of hydrogen-bond acceptors (Lipinski definition) is 12. The summed E-state index contributed by atoms with van der Waals surface area (Å²) in [6, 6.07) is 73.1. The number of carbonyl (C=O) groups is 4. The van der Waals surface area contributed by atoms with Gasteiger partial charge in [-0.2, -0.15) is 0 Å². The lowest BCUT2D eigenvalue weighted by Crippen LogP contribution is -2.42. The molecule has 0 aromatic heterocycles. The second-order valence-corrected chi connectivity index (χ2v) is 37.2. The van der Waals surface area contributed by atoms with Gasteiger partial charge in [-0.25, -0.2) is 9.80 Å². The van der Waals surface area contributed by atoms with Gasteiger partial charge in [-0.05, 0) is 339 Å². The minimum absolute atomic E-state index is 0.0354. The lowest BCUT2D eigenvalue weighted by Gasteiger charge is -2.42. The molecule has 2 unspecified atom stereocenters. The number of para-hydroxylation sites is 2. The monoisotopic (exact) mass is 1700 g/mol. The van der Waals surface area contributed by atoms with Gasteiger partial charge in [0.15, 0.2) is 0 Å². The van der Waals surface area contributed by atoms with Crippen LogP contribution in [0.15, 0.2) is 255 Å². The van der Waals surface area contributed by atoms with Crippen LogP contribution in [0.4, 0.5) is 11.4 Å². The first-order valence-electron chi connectivity index (χ1n) is 44.7. The van der Waals surface area contributed by atoms with Crippen LogP contribution in [0.3, 0.4) is 0 Å². The lowest BCUT2D eigenvalue weighted by atomic mass is 9.62. The molecule has 14 nitrogen and oxygen atoms in total. The molecule has 130 heavy (non-hydrogen) atoms. The van der Waals surface area contributed by atoms with E-state index in [-0.39, 0.29) is 58.5 Å². The van der Waals surface area contributed by atoms with Gasteiger partial charge in [-0.15, -0.1) is 0 Å². The van der Waals surface area contributed by atoms with Crippen molar-refractivity contribution in [1.29, 1.82) is 0 Å². The van der Waals surface area contributed by atoms with E-state index in [1.54, 1.807) is 109 Å². The fraction of sp³-hybridized carbons (Fsp3) is 0.155. The highest BCUT2D eigenvalue weighted by Gasteiger charge is 2.51. The Morgan fingerprint density at radius 2 is 0.585 bits per heavy atom. The Bertz CT molecular complexity index is 7990. The second-order valence-electron chi connectivity index (χ2n) is 37.2. The number of nitrogens with zero attached hydrogens (tertiary/aromatic N) is 2. The lowest BCUT2D eigenvalue weighted by molar-refractivity contribution is 0.0877. The van der Waals surface area contributed by atoms with E-state index in [1.807, 2.05) is 48.5 Å². The Hall–Kier alpha value is -15.5. The highest BCUT2D eigenvalue weighted by atomic mass is 16.5. The van der Waals surface area contributed by atoms with E-state index in [4.69, 9.17) is 18.9 Å². The van der Waals surface area contributed by atoms with Crippen LogP contribution in [-0.4, -0.2) is 44.1 Å². The summed E-state index contributed by atoms with van der Waals surface area (Å²) in [7, 11) is 0. The highest BCUT2D eigenvalue weighted by Crippen LogP contribution is 2.67. The molecule has 17 aromatic carbocycles. The fourth-order valence-electron chi connectivity index (χ4n) is 22.4. The third-order valence-electron chi connectivity index (χ3n) is 28.4. The molecule has 2 atom stereocenters. The summed E-state index contributed by atoms with van der Waals surface area (Å²) in [5.74, 6) is 1.22. The highest BCUT2D eigenvalue weighted by molar-refractivity contribution is 6.46. The van der Waals surface area contributed by atoms with Crippen molar-refractivity contribution in [2.75, 3.05) is 9.80 Å². The molecular weight excluding hydrogens is 1610 g/mol. The number of phenols is 4. The summed E-state index contributed by atoms with van der Waals surface area (Å²) in [6.45, 7) is 21.0. The molecule has 5 aliphatic carbocycles. The van der Waals surface area contributed by atoms with Gasteiger partial charge >= 0.3 is 0 Å². The molecule has 632 valence electrons. The number of aryl methyl sites for hydroxylation is 4. The number of phenolic OH excluding ortho intramolecular Hbond substituents is 4. The van der Waals surface area contributed by atoms with E-state index in [0.29, 0.717) is 112 Å². The number of carbonyl (C=O) groups excluding carboxylic acids is 4. The summed E-state index contributed by atoms with van der Waals surface area (Å²) in [6.07, 6.45) is 10.5. The molecule has 0 spiro atoms. The molecule has 0 saturated heterocycles. The molecule has 14 heteroatoms. The number of fused-ring (bicyclic) bond motifs is 12. The number of rotatable bonds is 17. The molecule has 0 radical (unpaired) electrons. The molecule has 17 aromatic rings. The number of benzene rings is 17. The van der Waals surface area contributed by atoms with E-state index in [9.17, 15) is 20.4 Å². The largest absolute Gasteiger partial charge is 0.508 e. The smallest absolute Gasteiger partial charge is 0.266 e. The van der Waals surface area contributed by atoms with E-state index in [0.717, 1.165) is 134 Å². The van der Waals surface area contributed by atoms with Crippen molar-refractivity contribution < 1.29 is 58.6 Å². The summed E-state index contributed by atoms with van der Waals surface area (Å²) in [5, 5.41) is 54.3. The van der Waals surface area contributed by atoms with Crippen molar-refractivity contribution in [2.24, 2.45) is 11.8 Å². The van der Waals surface area contributed by atoms with Gasteiger partial charge in [-0.1, -0.05) is 165 Å².